The Balaban J connectivity index is 1.32. The van der Waals surface area contributed by atoms with E-state index in [9.17, 15) is 14.4 Å². The van der Waals surface area contributed by atoms with Crippen LogP contribution in [0.25, 0.3) is 0 Å². The third-order valence-electron chi connectivity index (χ3n) is 5.30. The van der Waals surface area contributed by atoms with Crippen molar-refractivity contribution in [3.8, 4) is 0 Å². The molecule has 26 heavy (non-hydrogen) atoms. The number of carbonyl (C=O) groups is 3. The lowest BCUT2D eigenvalue weighted by Gasteiger charge is -2.19. The molecule has 1 heterocycles. The average molecular weight is 357 g/mol. The second kappa shape index (κ2) is 8.34. The quantitative estimate of drug-likeness (QED) is 0.554. The maximum Gasteiger partial charge on any atom is 0.325 e. The predicted octanol–water partition coefficient (Wildman–Crippen LogP) is 2.38. The van der Waals surface area contributed by atoms with Crippen LogP contribution in [0.15, 0.2) is 30.3 Å². The minimum Gasteiger partial charge on any atom is -0.356 e. The van der Waals surface area contributed by atoms with E-state index >= 15 is 0 Å². The highest BCUT2D eigenvalue weighted by molar-refractivity contribution is 6.07. The topological polar surface area (TPSA) is 78.5 Å². The third-order valence-corrected chi connectivity index (χ3v) is 5.30. The molecular weight excluding hydrogens is 330 g/mol. The van der Waals surface area contributed by atoms with Crippen molar-refractivity contribution in [3.63, 3.8) is 0 Å². The van der Waals surface area contributed by atoms with Gasteiger partial charge in [0.05, 0.1) is 0 Å². The van der Waals surface area contributed by atoms with Crippen LogP contribution in [-0.4, -0.2) is 41.4 Å². The van der Waals surface area contributed by atoms with Crippen LogP contribution in [0.5, 0.6) is 0 Å². The lowest BCUT2D eigenvalue weighted by Crippen LogP contribution is -2.44. The first-order valence-corrected chi connectivity index (χ1v) is 9.55. The van der Waals surface area contributed by atoms with E-state index in [2.05, 4.69) is 22.8 Å². The summed E-state index contributed by atoms with van der Waals surface area (Å²) in [4.78, 5) is 37.8. The number of carbonyl (C=O) groups excluding carboxylic acids is 3. The van der Waals surface area contributed by atoms with Gasteiger partial charge in [0.1, 0.15) is 5.54 Å². The zero-order chi connectivity index (χ0) is 18.4. The van der Waals surface area contributed by atoms with E-state index < -0.39 is 5.54 Å². The van der Waals surface area contributed by atoms with Gasteiger partial charge in [-0.3, -0.25) is 14.5 Å². The molecule has 0 bridgehead atoms. The highest BCUT2D eigenvalue weighted by Gasteiger charge is 2.51. The standard InChI is InChI=1S/C20H27N3O3/c24-17(21-14-6-10-16-8-2-1-3-9-16)11-7-15-23-18(25)20(22-19(23)26)12-4-5-13-20/h1-3,8-9H,4-7,10-15H2,(H,21,24)(H,22,26). The molecule has 2 fully saturated rings. The molecule has 0 unspecified atom stereocenters. The van der Waals surface area contributed by atoms with Crippen molar-refractivity contribution in [2.75, 3.05) is 13.1 Å². The molecule has 6 nitrogen and oxygen atoms in total. The van der Waals surface area contributed by atoms with E-state index in [0.717, 1.165) is 38.5 Å². The smallest absolute Gasteiger partial charge is 0.325 e. The van der Waals surface area contributed by atoms with Crippen LogP contribution in [0, 0.1) is 0 Å². The van der Waals surface area contributed by atoms with Gasteiger partial charge in [-0.1, -0.05) is 43.2 Å². The molecule has 1 aromatic rings. The molecule has 1 spiro atoms. The molecule has 6 heteroatoms. The van der Waals surface area contributed by atoms with Gasteiger partial charge in [0.25, 0.3) is 5.91 Å². The Morgan fingerprint density at radius 1 is 1.12 bits per heavy atom. The van der Waals surface area contributed by atoms with E-state index in [1.54, 1.807) is 0 Å². The summed E-state index contributed by atoms with van der Waals surface area (Å²) in [5.74, 6) is -0.135. The molecule has 1 aliphatic heterocycles. The zero-order valence-electron chi connectivity index (χ0n) is 15.1. The number of hydrogen-bond acceptors (Lipinski definition) is 3. The van der Waals surface area contributed by atoms with Crippen LogP contribution in [0.3, 0.4) is 0 Å². The summed E-state index contributed by atoms with van der Waals surface area (Å²) in [7, 11) is 0. The van der Waals surface area contributed by atoms with E-state index in [1.165, 1.54) is 10.5 Å². The monoisotopic (exact) mass is 357 g/mol. The van der Waals surface area contributed by atoms with Crippen LogP contribution in [0.1, 0.15) is 50.5 Å². The number of urea groups is 1. The Bertz CT molecular complexity index is 654. The summed E-state index contributed by atoms with van der Waals surface area (Å²) in [5.41, 5.74) is 0.609. The first-order valence-electron chi connectivity index (χ1n) is 9.55. The van der Waals surface area contributed by atoms with Gasteiger partial charge < -0.3 is 10.6 Å². The number of rotatable bonds is 8. The fourth-order valence-corrected chi connectivity index (χ4v) is 3.85. The minimum atomic E-state index is -0.656. The molecule has 0 aromatic heterocycles. The number of aryl methyl sites for hydroxylation is 1. The Kier molecular flexibility index (Phi) is 5.91. The SMILES string of the molecule is O=C(CCCN1C(=O)NC2(CCCC2)C1=O)NCCCc1ccccc1. The van der Waals surface area contributed by atoms with Gasteiger partial charge in [-0.25, -0.2) is 4.79 Å². The molecule has 2 N–H and O–H groups in total. The van der Waals surface area contributed by atoms with Crippen molar-refractivity contribution in [3.05, 3.63) is 35.9 Å². The summed E-state index contributed by atoms with van der Waals surface area (Å²) < 4.78 is 0. The number of amides is 4. The molecule has 1 aliphatic carbocycles. The summed E-state index contributed by atoms with van der Waals surface area (Å²) in [6.07, 6.45) is 6.08. The number of nitrogens with one attached hydrogen (secondary N) is 2. The molecule has 1 saturated carbocycles. The maximum absolute atomic E-state index is 12.5. The van der Waals surface area contributed by atoms with E-state index in [-0.39, 0.29) is 17.8 Å². The Morgan fingerprint density at radius 2 is 1.85 bits per heavy atom. The van der Waals surface area contributed by atoms with Gasteiger partial charge in [0, 0.05) is 19.5 Å². The molecule has 1 saturated heterocycles. The van der Waals surface area contributed by atoms with Gasteiger partial charge in [0.15, 0.2) is 0 Å². The van der Waals surface area contributed by atoms with E-state index in [4.69, 9.17) is 0 Å². The van der Waals surface area contributed by atoms with Crippen LogP contribution < -0.4 is 10.6 Å². The van der Waals surface area contributed by atoms with Crippen LogP contribution in [0.2, 0.25) is 0 Å². The molecule has 4 amide bonds. The largest absolute Gasteiger partial charge is 0.356 e. The molecule has 1 aromatic carbocycles. The van der Waals surface area contributed by atoms with Crippen molar-refractivity contribution in [1.29, 1.82) is 0 Å². The average Bonchev–Trinajstić information content (AvgIpc) is 3.20. The Hall–Kier alpha value is -2.37. The first kappa shape index (κ1) is 18.4. The van der Waals surface area contributed by atoms with Gasteiger partial charge in [0.2, 0.25) is 5.91 Å². The predicted molar refractivity (Wildman–Crippen MR) is 98.5 cm³/mol. The van der Waals surface area contributed by atoms with Crippen molar-refractivity contribution in [2.45, 2.75) is 56.9 Å². The third kappa shape index (κ3) is 4.23. The maximum atomic E-state index is 12.5. The van der Waals surface area contributed by atoms with Crippen molar-refractivity contribution in [1.82, 2.24) is 15.5 Å². The van der Waals surface area contributed by atoms with E-state index in [1.807, 2.05) is 18.2 Å². The second-order valence-electron chi connectivity index (χ2n) is 7.22. The summed E-state index contributed by atoms with van der Waals surface area (Å²) in [6, 6.07) is 9.87. The number of hydrogen-bond donors (Lipinski definition) is 2. The van der Waals surface area contributed by atoms with Gasteiger partial charge >= 0.3 is 6.03 Å². The summed E-state index contributed by atoms with van der Waals surface area (Å²) in [6.45, 7) is 0.948. The van der Waals surface area contributed by atoms with E-state index in [0.29, 0.717) is 25.9 Å². The number of benzene rings is 1. The molecule has 3 rings (SSSR count). The lowest BCUT2D eigenvalue weighted by atomic mass is 9.98. The molecule has 0 atom stereocenters. The van der Waals surface area contributed by atoms with Crippen molar-refractivity contribution < 1.29 is 14.4 Å². The zero-order valence-corrected chi connectivity index (χ0v) is 15.1. The van der Waals surface area contributed by atoms with Gasteiger partial charge in [-0.05, 0) is 37.7 Å². The van der Waals surface area contributed by atoms with Gasteiger partial charge in [-0.2, -0.15) is 0 Å². The lowest BCUT2D eigenvalue weighted by molar-refractivity contribution is -0.131. The molecular formula is C20H27N3O3. The molecule has 140 valence electrons. The first-order chi connectivity index (χ1) is 12.6. The highest BCUT2D eigenvalue weighted by atomic mass is 16.2. The van der Waals surface area contributed by atoms with Crippen LogP contribution >= 0.6 is 0 Å². The number of imide groups is 1. The van der Waals surface area contributed by atoms with Crippen LogP contribution in [-0.2, 0) is 16.0 Å². The van der Waals surface area contributed by atoms with Gasteiger partial charge in [-0.15, -0.1) is 0 Å². The van der Waals surface area contributed by atoms with Crippen molar-refractivity contribution >= 4 is 17.8 Å². The molecule has 0 radical (unpaired) electrons. The Morgan fingerprint density at radius 3 is 2.58 bits per heavy atom. The van der Waals surface area contributed by atoms with Crippen molar-refractivity contribution in [2.24, 2.45) is 0 Å². The number of nitrogens with zero attached hydrogens (tertiary/aromatic N) is 1. The molecule has 2 aliphatic rings. The second-order valence-corrected chi connectivity index (χ2v) is 7.22. The Labute approximate surface area is 154 Å². The minimum absolute atomic E-state index is 0.0271. The normalized spacial score (nSPS) is 18.4. The fourth-order valence-electron chi connectivity index (χ4n) is 3.85. The summed E-state index contributed by atoms with van der Waals surface area (Å²) >= 11 is 0. The highest BCUT2D eigenvalue weighted by Crippen LogP contribution is 2.35. The van der Waals surface area contributed by atoms with Crippen LogP contribution in [0.4, 0.5) is 4.79 Å². The summed E-state index contributed by atoms with van der Waals surface area (Å²) in [5, 5.41) is 5.77. The fraction of sp³-hybridized carbons (Fsp3) is 0.550.